The van der Waals surface area contributed by atoms with Gasteiger partial charge in [-0.05, 0) is 43.4 Å². The number of fused-ring (bicyclic) bond motifs is 1. The molecule has 0 bridgehead atoms. The number of benzene rings is 1. The number of carbonyl (C=O) groups excluding carboxylic acids is 1. The van der Waals surface area contributed by atoms with Crippen molar-refractivity contribution >= 4 is 5.91 Å². The number of aromatic nitrogens is 3. The number of rotatable bonds is 6. The highest BCUT2D eigenvalue weighted by Gasteiger charge is 2.24. The largest absolute Gasteiger partial charge is 0.336 e. The third-order valence-electron chi connectivity index (χ3n) is 5.31. The van der Waals surface area contributed by atoms with Gasteiger partial charge in [0.1, 0.15) is 5.82 Å². The number of hydrogen-bond acceptors (Lipinski definition) is 4. The normalized spacial score (nSPS) is 13.2. The molecular weight excluding hydrogens is 364 g/mol. The highest BCUT2D eigenvalue weighted by atomic mass is 16.2. The smallest absolute Gasteiger partial charge is 0.254 e. The van der Waals surface area contributed by atoms with Crippen LogP contribution in [0.1, 0.15) is 36.1 Å². The monoisotopic (exact) mass is 388 g/mol. The first-order valence-corrected chi connectivity index (χ1v) is 10.0. The van der Waals surface area contributed by atoms with E-state index in [0.29, 0.717) is 43.0 Å². The van der Waals surface area contributed by atoms with Gasteiger partial charge >= 0.3 is 0 Å². The van der Waals surface area contributed by atoms with Gasteiger partial charge in [-0.2, -0.15) is 0 Å². The van der Waals surface area contributed by atoms with Crippen LogP contribution in [0.5, 0.6) is 0 Å². The molecule has 0 fully saturated rings. The van der Waals surface area contributed by atoms with E-state index < -0.39 is 0 Å². The Hall–Kier alpha value is -3.28. The van der Waals surface area contributed by atoms with E-state index in [1.165, 1.54) is 5.56 Å². The number of amides is 1. The lowest BCUT2D eigenvalue weighted by Crippen LogP contribution is -2.39. The van der Waals surface area contributed by atoms with Gasteiger partial charge in [0.05, 0.1) is 12.2 Å². The molecule has 2 aromatic heterocycles. The van der Waals surface area contributed by atoms with Crippen molar-refractivity contribution in [2.24, 2.45) is 0 Å². The zero-order chi connectivity index (χ0) is 20.1. The predicted molar refractivity (Wildman–Crippen MR) is 111 cm³/mol. The summed E-state index contributed by atoms with van der Waals surface area (Å²) in [7, 11) is 0. The van der Waals surface area contributed by atoms with Gasteiger partial charge in [-0.1, -0.05) is 30.3 Å². The molecule has 1 aromatic carbocycles. The van der Waals surface area contributed by atoms with Gasteiger partial charge in [-0.3, -0.25) is 14.6 Å². The lowest BCUT2D eigenvalue weighted by molar-refractivity contribution is -0.132. The van der Waals surface area contributed by atoms with Crippen molar-refractivity contribution in [1.29, 1.82) is 0 Å². The molecule has 1 aliphatic heterocycles. The number of H-pyrrole nitrogens is 1. The number of nitrogens with one attached hydrogen (secondary N) is 1. The molecule has 0 unspecified atom stereocenters. The maximum atomic E-state index is 12.7. The van der Waals surface area contributed by atoms with Crippen LogP contribution in [0, 0.1) is 0 Å². The SMILES string of the molecule is O=C(CCCCc1ccccc1)N1CCc2c(nc(-c3cccnc3)[nH]c2=O)C1. The van der Waals surface area contributed by atoms with Gasteiger partial charge in [0.2, 0.25) is 5.91 Å². The molecule has 6 nitrogen and oxygen atoms in total. The number of nitrogens with zero attached hydrogens (tertiary/aromatic N) is 3. The lowest BCUT2D eigenvalue weighted by atomic mass is 10.0. The van der Waals surface area contributed by atoms with E-state index in [0.717, 1.165) is 24.8 Å². The van der Waals surface area contributed by atoms with E-state index in [1.807, 2.05) is 29.2 Å². The van der Waals surface area contributed by atoms with E-state index in [2.05, 4.69) is 27.1 Å². The Labute approximate surface area is 169 Å². The molecule has 1 N–H and O–H groups in total. The van der Waals surface area contributed by atoms with Crippen LogP contribution < -0.4 is 5.56 Å². The van der Waals surface area contributed by atoms with Crippen LogP contribution >= 0.6 is 0 Å². The van der Waals surface area contributed by atoms with Crippen molar-refractivity contribution in [2.45, 2.75) is 38.6 Å². The molecule has 1 amide bonds. The van der Waals surface area contributed by atoms with Crippen LogP contribution in [0.4, 0.5) is 0 Å². The molecule has 4 rings (SSSR count). The average molecular weight is 388 g/mol. The van der Waals surface area contributed by atoms with Crippen molar-refractivity contribution in [3.05, 3.63) is 82.0 Å². The molecule has 148 valence electrons. The second-order valence-electron chi connectivity index (χ2n) is 7.34. The van der Waals surface area contributed by atoms with Gasteiger partial charge in [-0.15, -0.1) is 0 Å². The maximum Gasteiger partial charge on any atom is 0.254 e. The third kappa shape index (κ3) is 4.59. The summed E-state index contributed by atoms with van der Waals surface area (Å²) in [6.45, 7) is 0.964. The van der Waals surface area contributed by atoms with Gasteiger partial charge in [0, 0.05) is 36.5 Å². The summed E-state index contributed by atoms with van der Waals surface area (Å²) in [4.78, 5) is 38.5. The summed E-state index contributed by atoms with van der Waals surface area (Å²) in [5.74, 6) is 0.632. The second kappa shape index (κ2) is 8.82. The zero-order valence-electron chi connectivity index (χ0n) is 16.3. The van der Waals surface area contributed by atoms with Crippen LogP contribution in [0.25, 0.3) is 11.4 Å². The fourth-order valence-electron chi connectivity index (χ4n) is 3.70. The quantitative estimate of drug-likeness (QED) is 0.658. The third-order valence-corrected chi connectivity index (χ3v) is 5.31. The van der Waals surface area contributed by atoms with Crippen molar-refractivity contribution in [3.63, 3.8) is 0 Å². The summed E-state index contributed by atoms with van der Waals surface area (Å²) >= 11 is 0. The molecule has 29 heavy (non-hydrogen) atoms. The van der Waals surface area contributed by atoms with Crippen molar-refractivity contribution in [1.82, 2.24) is 19.9 Å². The average Bonchev–Trinajstić information content (AvgIpc) is 2.77. The molecule has 0 aliphatic carbocycles. The molecule has 0 radical (unpaired) electrons. The number of aromatic amines is 1. The van der Waals surface area contributed by atoms with Crippen molar-refractivity contribution < 1.29 is 4.79 Å². The minimum atomic E-state index is -0.121. The zero-order valence-corrected chi connectivity index (χ0v) is 16.3. The molecule has 6 heteroatoms. The van der Waals surface area contributed by atoms with Crippen LogP contribution in [0.3, 0.4) is 0 Å². The van der Waals surface area contributed by atoms with Crippen LogP contribution in [-0.2, 0) is 24.2 Å². The van der Waals surface area contributed by atoms with Crippen LogP contribution in [0.15, 0.2) is 59.7 Å². The topological polar surface area (TPSA) is 79.0 Å². The maximum absolute atomic E-state index is 12.7. The minimum absolute atomic E-state index is 0.121. The number of carbonyl (C=O) groups is 1. The first-order valence-electron chi connectivity index (χ1n) is 10.0. The number of unbranched alkanes of at least 4 members (excludes halogenated alkanes) is 1. The number of aryl methyl sites for hydroxylation is 1. The van der Waals surface area contributed by atoms with Gasteiger partial charge in [0.25, 0.3) is 5.56 Å². The molecule has 0 atom stereocenters. The number of pyridine rings is 1. The Balaban J connectivity index is 1.38. The van der Waals surface area contributed by atoms with Crippen molar-refractivity contribution in [3.8, 4) is 11.4 Å². The molecule has 3 heterocycles. The second-order valence-corrected chi connectivity index (χ2v) is 7.34. The Morgan fingerprint density at radius 1 is 1.10 bits per heavy atom. The summed E-state index contributed by atoms with van der Waals surface area (Å²) in [5.41, 5.74) is 3.32. The van der Waals surface area contributed by atoms with E-state index in [-0.39, 0.29) is 11.5 Å². The highest BCUT2D eigenvalue weighted by molar-refractivity contribution is 5.76. The molecule has 3 aromatic rings. The molecule has 1 aliphatic rings. The standard InChI is InChI=1S/C23H24N4O2/c28-21(11-5-4-9-17-7-2-1-3-8-17)27-14-12-19-20(16-27)25-22(26-23(19)29)18-10-6-13-24-15-18/h1-3,6-8,10,13,15H,4-5,9,11-12,14,16H2,(H,25,26,29). The molecular formula is C23H24N4O2. The number of hydrogen-bond donors (Lipinski definition) is 1. The Morgan fingerprint density at radius 2 is 1.97 bits per heavy atom. The van der Waals surface area contributed by atoms with Gasteiger partial charge < -0.3 is 9.88 Å². The summed E-state index contributed by atoms with van der Waals surface area (Å²) in [6.07, 6.45) is 7.26. The highest BCUT2D eigenvalue weighted by Crippen LogP contribution is 2.19. The van der Waals surface area contributed by atoms with Gasteiger partial charge in [-0.25, -0.2) is 4.98 Å². The Morgan fingerprint density at radius 3 is 2.76 bits per heavy atom. The van der Waals surface area contributed by atoms with Crippen LogP contribution in [-0.4, -0.2) is 32.3 Å². The van der Waals surface area contributed by atoms with Gasteiger partial charge in [0.15, 0.2) is 0 Å². The molecule has 0 spiro atoms. The molecule has 0 saturated heterocycles. The Kier molecular flexibility index (Phi) is 5.79. The minimum Gasteiger partial charge on any atom is -0.336 e. The summed E-state index contributed by atoms with van der Waals surface area (Å²) in [5, 5.41) is 0. The van der Waals surface area contributed by atoms with Crippen molar-refractivity contribution in [2.75, 3.05) is 6.54 Å². The predicted octanol–water partition coefficient (Wildman–Crippen LogP) is 3.13. The van der Waals surface area contributed by atoms with E-state index in [9.17, 15) is 9.59 Å². The summed E-state index contributed by atoms with van der Waals surface area (Å²) in [6, 6.07) is 14.0. The van der Waals surface area contributed by atoms with E-state index in [4.69, 9.17) is 0 Å². The molecule has 0 saturated carbocycles. The Bertz CT molecular complexity index is 1030. The fraction of sp³-hybridized carbons (Fsp3) is 0.304. The van der Waals surface area contributed by atoms with E-state index >= 15 is 0 Å². The first-order chi connectivity index (χ1) is 14.2. The first kappa shape index (κ1) is 19.1. The lowest BCUT2D eigenvalue weighted by Gasteiger charge is -2.28. The van der Waals surface area contributed by atoms with Crippen LogP contribution in [0.2, 0.25) is 0 Å². The fourth-order valence-corrected chi connectivity index (χ4v) is 3.70. The van der Waals surface area contributed by atoms with E-state index in [1.54, 1.807) is 18.5 Å². The summed E-state index contributed by atoms with van der Waals surface area (Å²) < 4.78 is 0.